The molecule has 0 spiro atoms. The quantitative estimate of drug-likeness (QED) is 0.732. The maximum atomic E-state index is 11.0. The van der Waals surface area contributed by atoms with E-state index in [4.69, 9.17) is 0 Å². The van der Waals surface area contributed by atoms with Gasteiger partial charge in [-0.3, -0.25) is 4.79 Å². The number of aldehydes is 1. The second-order valence-corrected chi connectivity index (χ2v) is 4.03. The van der Waals surface area contributed by atoms with Gasteiger partial charge in [-0.15, -0.1) is 0 Å². The van der Waals surface area contributed by atoms with Crippen molar-refractivity contribution < 1.29 is 4.79 Å². The summed E-state index contributed by atoms with van der Waals surface area (Å²) in [6.07, 6.45) is 6.53. The van der Waals surface area contributed by atoms with E-state index in [9.17, 15) is 4.79 Å². The van der Waals surface area contributed by atoms with Crippen LogP contribution in [0.3, 0.4) is 0 Å². The first-order chi connectivity index (χ1) is 7.88. The molecule has 0 N–H and O–H groups in total. The Morgan fingerprint density at radius 1 is 1.25 bits per heavy atom. The van der Waals surface area contributed by atoms with Crippen LogP contribution in [0.15, 0.2) is 30.6 Å². The smallest absolute Gasteiger partial charge is 0.152 e. The molecule has 0 amide bonds. The third-order valence-electron chi connectivity index (χ3n) is 2.86. The third-order valence-corrected chi connectivity index (χ3v) is 2.86. The van der Waals surface area contributed by atoms with Crippen molar-refractivity contribution in [2.75, 3.05) is 0 Å². The molecular weight excluding hydrogens is 202 g/mol. The molecule has 16 heavy (non-hydrogen) atoms. The van der Waals surface area contributed by atoms with Gasteiger partial charge >= 0.3 is 0 Å². The SMILES string of the molecule is O=Cc1cc(C2CC2)ccc1-n1nccn1. The maximum Gasteiger partial charge on any atom is 0.152 e. The maximum absolute atomic E-state index is 11.0. The molecule has 1 aromatic carbocycles. The van der Waals surface area contributed by atoms with E-state index in [0.29, 0.717) is 11.5 Å². The zero-order valence-corrected chi connectivity index (χ0v) is 8.71. The standard InChI is InChI=1S/C12H11N3O/c16-8-11-7-10(9-1-2-9)3-4-12(11)15-13-5-6-14-15/h3-9H,1-2H2. The van der Waals surface area contributed by atoms with E-state index in [1.807, 2.05) is 12.1 Å². The van der Waals surface area contributed by atoms with Crippen molar-refractivity contribution in [2.45, 2.75) is 18.8 Å². The van der Waals surface area contributed by atoms with Crippen LogP contribution in [-0.4, -0.2) is 21.3 Å². The predicted octanol–water partition coefficient (Wildman–Crippen LogP) is 1.96. The van der Waals surface area contributed by atoms with E-state index in [1.54, 1.807) is 12.4 Å². The van der Waals surface area contributed by atoms with Crippen LogP contribution in [-0.2, 0) is 0 Å². The minimum atomic E-state index is 0.651. The van der Waals surface area contributed by atoms with Crippen LogP contribution < -0.4 is 0 Å². The van der Waals surface area contributed by atoms with Crippen molar-refractivity contribution in [3.8, 4) is 5.69 Å². The highest BCUT2D eigenvalue weighted by Gasteiger charge is 2.24. The summed E-state index contributed by atoms with van der Waals surface area (Å²) in [6, 6.07) is 5.92. The van der Waals surface area contributed by atoms with Gasteiger partial charge in [0, 0.05) is 5.56 Å². The summed E-state index contributed by atoms with van der Waals surface area (Å²) < 4.78 is 0. The van der Waals surface area contributed by atoms with Gasteiger partial charge in [0.05, 0.1) is 18.1 Å². The van der Waals surface area contributed by atoms with Crippen LogP contribution in [0, 0.1) is 0 Å². The van der Waals surface area contributed by atoms with E-state index >= 15 is 0 Å². The number of benzene rings is 1. The van der Waals surface area contributed by atoms with Gasteiger partial charge in [-0.1, -0.05) is 6.07 Å². The van der Waals surface area contributed by atoms with Crippen molar-refractivity contribution in [3.05, 3.63) is 41.7 Å². The van der Waals surface area contributed by atoms with Gasteiger partial charge in [-0.05, 0) is 36.5 Å². The molecule has 4 heteroatoms. The summed E-state index contributed by atoms with van der Waals surface area (Å²) in [5.74, 6) is 0.651. The molecule has 2 aromatic rings. The highest BCUT2D eigenvalue weighted by Crippen LogP contribution is 2.40. The summed E-state index contributed by atoms with van der Waals surface area (Å²) in [5, 5.41) is 8.06. The molecule has 0 atom stereocenters. The average Bonchev–Trinajstić information content (AvgIpc) is 3.04. The lowest BCUT2D eigenvalue weighted by molar-refractivity contribution is 0.112. The predicted molar refractivity (Wildman–Crippen MR) is 58.7 cm³/mol. The molecule has 0 saturated heterocycles. The Balaban J connectivity index is 2.08. The van der Waals surface area contributed by atoms with Gasteiger partial charge in [0.15, 0.2) is 6.29 Å². The number of rotatable bonds is 3. The van der Waals surface area contributed by atoms with Gasteiger partial charge in [-0.25, -0.2) is 0 Å². The number of carbonyl (C=O) groups excluding carboxylic acids is 1. The Morgan fingerprint density at radius 3 is 2.62 bits per heavy atom. The average molecular weight is 213 g/mol. The first-order valence-electron chi connectivity index (χ1n) is 5.34. The number of aromatic nitrogens is 3. The number of hydrogen-bond acceptors (Lipinski definition) is 3. The van der Waals surface area contributed by atoms with Crippen LogP contribution in [0.2, 0.25) is 0 Å². The summed E-state index contributed by atoms with van der Waals surface area (Å²) in [4.78, 5) is 12.5. The Hall–Kier alpha value is -1.97. The van der Waals surface area contributed by atoms with Crippen molar-refractivity contribution in [3.63, 3.8) is 0 Å². The molecule has 1 aliphatic rings. The van der Waals surface area contributed by atoms with Crippen LogP contribution >= 0.6 is 0 Å². The molecule has 1 saturated carbocycles. The number of hydrogen-bond donors (Lipinski definition) is 0. The molecule has 1 heterocycles. The molecule has 4 nitrogen and oxygen atoms in total. The lowest BCUT2D eigenvalue weighted by atomic mass is 10.1. The van der Waals surface area contributed by atoms with E-state index in [0.717, 1.165) is 12.0 Å². The summed E-state index contributed by atoms with van der Waals surface area (Å²) in [5.41, 5.74) is 2.64. The topological polar surface area (TPSA) is 47.8 Å². The number of carbonyl (C=O) groups is 1. The zero-order chi connectivity index (χ0) is 11.0. The lowest BCUT2D eigenvalue weighted by Crippen LogP contribution is -2.03. The van der Waals surface area contributed by atoms with Gasteiger partial charge in [0.1, 0.15) is 0 Å². The fourth-order valence-electron chi connectivity index (χ4n) is 1.86. The van der Waals surface area contributed by atoms with Crippen LogP contribution in [0.4, 0.5) is 0 Å². The van der Waals surface area contributed by atoms with Gasteiger partial charge in [0.25, 0.3) is 0 Å². The molecule has 0 bridgehead atoms. The van der Waals surface area contributed by atoms with Gasteiger partial charge in [-0.2, -0.15) is 15.0 Å². The van der Waals surface area contributed by atoms with Crippen LogP contribution in [0.5, 0.6) is 0 Å². The molecule has 1 aliphatic carbocycles. The molecule has 1 fully saturated rings. The highest BCUT2D eigenvalue weighted by molar-refractivity contribution is 5.81. The van der Waals surface area contributed by atoms with Gasteiger partial charge < -0.3 is 0 Å². The van der Waals surface area contributed by atoms with Crippen LogP contribution in [0.25, 0.3) is 5.69 Å². The van der Waals surface area contributed by atoms with E-state index < -0.39 is 0 Å². The molecule has 80 valence electrons. The normalized spacial score (nSPS) is 15.0. The van der Waals surface area contributed by atoms with Crippen molar-refractivity contribution in [2.24, 2.45) is 0 Å². The summed E-state index contributed by atoms with van der Waals surface area (Å²) in [6.45, 7) is 0. The van der Waals surface area contributed by atoms with Crippen LogP contribution in [0.1, 0.15) is 34.7 Å². The molecular formula is C12H11N3O. The number of nitrogens with zero attached hydrogens (tertiary/aromatic N) is 3. The Morgan fingerprint density at radius 2 is 2.00 bits per heavy atom. The van der Waals surface area contributed by atoms with E-state index in [2.05, 4.69) is 16.3 Å². The minimum absolute atomic E-state index is 0.651. The molecule has 0 radical (unpaired) electrons. The summed E-state index contributed by atoms with van der Waals surface area (Å²) in [7, 11) is 0. The third kappa shape index (κ3) is 1.52. The van der Waals surface area contributed by atoms with Crippen molar-refractivity contribution in [1.82, 2.24) is 15.0 Å². The first kappa shape index (κ1) is 9.27. The lowest BCUT2D eigenvalue weighted by Gasteiger charge is -2.05. The first-order valence-corrected chi connectivity index (χ1v) is 5.34. The molecule has 1 aromatic heterocycles. The van der Waals surface area contributed by atoms with E-state index in [1.165, 1.54) is 23.2 Å². The Kier molecular flexibility index (Phi) is 2.06. The fraction of sp³-hybridized carbons (Fsp3) is 0.250. The van der Waals surface area contributed by atoms with Crippen molar-refractivity contribution in [1.29, 1.82) is 0 Å². The summed E-state index contributed by atoms with van der Waals surface area (Å²) >= 11 is 0. The highest BCUT2D eigenvalue weighted by atomic mass is 16.1. The van der Waals surface area contributed by atoms with Crippen molar-refractivity contribution >= 4 is 6.29 Å². The largest absolute Gasteiger partial charge is 0.298 e. The van der Waals surface area contributed by atoms with Gasteiger partial charge in [0.2, 0.25) is 0 Å². The second-order valence-electron chi connectivity index (χ2n) is 4.03. The monoisotopic (exact) mass is 213 g/mol. The fourth-order valence-corrected chi connectivity index (χ4v) is 1.86. The van der Waals surface area contributed by atoms with E-state index in [-0.39, 0.29) is 0 Å². The molecule has 0 aliphatic heterocycles. The second kappa shape index (κ2) is 3.56. The Bertz CT molecular complexity index is 515. The zero-order valence-electron chi connectivity index (χ0n) is 8.71. The molecule has 3 rings (SSSR count). The Labute approximate surface area is 92.9 Å². The molecule has 0 unspecified atom stereocenters. The minimum Gasteiger partial charge on any atom is -0.298 e.